The van der Waals surface area contributed by atoms with E-state index in [0.717, 1.165) is 28.3 Å². The smallest absolute Gasteiger partial charge is 0.261 e. The lowest BCUT2D eigenvalue weighted by molar-refractivity contribution is -0.115. The van der Waals surface area contributed by atoms with Crippen LogP contribution in [0.3, 0.4) is 0 Å². The summed E-state index contributed by atoms with van der Waals surface area (Å²) in [6.45, 7) is 1.65. The minimum atomic E-state index is -0.996. The van der Waals surface area contributed by atoms with Crippen molar-refractivity contribution >= 4 is 49.8 Å². The Morgan fingerprint density at radius 2 is 1.92 bits per heavy atom. The molecule has 2 aromatic heterocycles. The zero-order chi connectivity index (χ0) is 17.3. The van der Waals surface area contributed by atoms with Crippen LogP contribution in [0.25, 0.3) is 10.2 Å². The molecule has 0 atom stereocenters. The highest BCUT2D eigenvalue weighted by Gasteiger charge is 2.13. The minimum absolute atomic E-state index is 0.209. The molecule has 24 heavy (non-hydrogen) atoms. The fraction of sp³-hybridized carbons (Fsp3) is 0.133. The molecular weight excluding hydrogens is 356 g/mol. The van der Waals surface area contributed by atoms with E-state index in [9.17, 15) is 18.4 Å². The number of carbonyl (C=O) groups excluding carboxylic acids is 2. The van der Waals surface area contributed by atoms with Gasteiger partial charge in [0.1, 0.15) is 0 Å². The highest BCUT2D eigenvalue weighted by Crippen LogP contribution is 2.27. The Kier molecular flexibility index (Phi) is 4.54. The number of hydrogen-bond acceptors (Lipinski definition) is 5. The maximum atomic E-state index is 13.2. The van der Waals surface area contributed by atoms with E-state index in [4.69, 9.17) is 0 Å². The fourth-order valence-corrected chi connectivity index (χ4v) is 3.62. The molecule has 1 aromatic carbocycles. The number of halogens is 2. The summed E-state index contributed by atoms with van der Waals surface area (Å²) in [5.74, 6) is -2.78. The number of thiophene rings is 1. The van der Waals surface area contributed by atoms with E-state index >= 15 is 0 Å². The van der Waals surface area contributed by atoms with Crippen molar-refractivity contribution in [1.29, 1.82) is 0 Å². The number of benzene rings is 1. The molecule has 2 N–H and O–H groups in total. The summed E-state index contributed by atoms with van der Waals surface area (Å²) in [4.78, 5) is 29.2. The van der Waals surface area contributed by atoms with Crippen LogP contribution in [-0.2, 0) is 4.79 Å². The van der Waals surface area contributed by atoms with Crippen LogP contribution in [0.2, 0.25) is 0 Å². The normalized spacial score (nSPS) is 10.8. The first-order valence-corrected chi connectivity index (χ1v) is 8.46. The van der Waals surface area contributed by atoms with Crippen LogP contribution < -0.4 is 10.6 Å². The summed E-state index contributed by atoms with van der Waals surface area (Å²) in [7, 11) is 0. The minimum Gasteiger partial charge on any atom is -0.342 e. The van der Waals surface area contributed by atoms with Crippen LogP contribution >= 0.6 is 22.7 Å². The SMILES string of the molecule is Cc1ccc(C(=O)NCC(=O)Nc2nc3cc(F)c(F)cc3s2)s1. The second kappa shape index (κ2) is 6.62. The lowest BCUT2D eigenvalue weighted by Crippen LogP contribution is -2.32. The van der Waals surface area contributed by atoms with Crippen LogP contribution in [0, 0.1) is 18.6 Å². The van der Waals surface area contributed by atoms with Gasteiger partial charge >= 0.3 is 0 Å². The van der Waals surface area contributed by atoms with Crippen molar-refractivity contribution in [2.45, 2.75) is 6.92 Å². The second-order valence-electron chi connectivity index (χ2n) is 4.89. The summed E-state index contributed by atoms with van der Waals surface area (Å²) in [5.41, 5.74) is 0.257. The van der Waals surface area contributed by atoms with Gasteiger partial charge in [0.15, 0.2) is 16.8 Å². The Balaban J connectivity index is 1.61. The summed E-state index contributed by atoms with van der Waals surface area (Å²) >= 11 is 2.35. The molecule has 0 fully saturated rings. The number of aryl methyl sites for hydroxylation is 1. The van der Waals surface area contributed by atoms with Crippen molar-refractivity contribution < 1.29 is 18.4 Å². The predicted molar refractivity (Wildman–Crippen MR) is 89.6 cm³/mol. The van der Waals surface area contributed by atoms with Gasteiger partial charge in [0.05, 0.1) is 21.6 Å². The second-order valence-corrected chi connectivity index (χ2v) is 7.21. The van der Waals surface area contributed by atoms with E-state index in [0.29, 0.717) is 9.58 Å². The number of anilines is 1. The monoisotopic (exact) mass is 367 g/mol. The molecule has 0 aliphatic heterocycles. The predicted octanol–water partition coefficient (Wildman–Crippen LogP) is 3.31. The van der Waals surface area contributed by atoms with Gasteiger partial charge < -0.3 is 10.6 Å². The third-order valence-electron chi connectivity index (χ3n) is 3.05. The molecule has 0 aliphatic rings. The lowest BCUT2D eigenvalue weighted by atomic mass is 10.3. The number of fused-ring (bicyclic) bond motifs is 1. The van der Waals surface area contributed by atoms with E-state index in [-0.39, 0.29) is 23.1 Å². The Morgan fingerprint density at radius 3 is 2.62 bits per heavy atom. The van der Waals surface area contributed by atoms with Gasteiger partial charge in [-0.2, -0.15) is 0 Å². The molecule has 124 valence electrons. The number of thiazole rings is 1. The van der Waals surface area contributed by atoms with Crippen LogP contribution in [0.15, 0.2) is 24.3 Å². The quantitative estimate of drug-likeness (QED) is 0.743. The number of hydrogen-bond donors (Lipinski definition) is 2. The third kappa shape index (κ3) is 3.57. The molecule has 0 spiro atoms. The van der Waals surface area contributed by atoms with Gasteiger partial charge in [-0.1, -0.05) is 11.3 Å². The summed E-state index contributed by atoms with van der Waals surface area (Å²) in [5, 5.41) is 5.20. The lowest BCUT2D eigenvalue weighted by Gasteiger charge is -2.03. The van der Waals surface area contributed by atoms with Gasteiger partial charge in [-0.15, -0.1) is 11.3 Å². The standard InChI is InChI=1S/C15H11F2N3O2S2/c1-7-2-3-11(23-7)14(22)18-6-13(21)20-15-19-10-4-8(16)9(17)5-12(10)24-15/h2-5H,6H2,1H3,(H,18,22)(H,19,20,21). The van der Waals surface area contributed by atoms with Crippen LogP contribution in [0.4, 0.5) is 13.9 Å². The van der Waals surface area contributed by atoms with Gasteiger partial charge in [0.25, 0.3) is 5.91 Å². The first kappa shape index (κ1) is 16.5. The van der Waals surface area contributed by atoms with E-state index in [2.05, 4.69) is 15.6 Å². The molecule has 0 unspecified atom stereocenters. The molecule has 0 saturated heterocycles. The number of aromatic nitrogens is 1. The zero-order valence-corrected chi connectivity index (χ0v) is 14.0. The van der Waals surface area contributed by atoms with Gasteiger partial charge in [-0.05, 0) is 25.1 Å². The summed E-state index contributed by atoms with van der Waals surface area (Å²) in [6, 6.07) is 5.50. The molecule has 5 nitrogen and oxygen atoms in total. The Labute approximate surface area is 143 Å². The van der Waals surface area contributed by atoms with Crippen LogP contribution in [0.5, 0.6) is 0 Å². The number of rotatable bonds is 4. The number of amides is 2. The van der Waals surface area contributed by atoms with Gasteiger partial charge in [0, 0.05) is 10.9 Å². The molecule has 9 heteroatoms. The van der Waals surface area contributed by atoms with Crippen molar-refractivity contribution in [2.75, 3.05) is 11.9 Å². The zero-order valence-electron chi connectivity index (χ0n) is 12.4. The number of nitrogens with zero attached hydrogens (tertiary/aromatic N) is 1. The molecule has 0 saturated carbocycles. The molecule has 2 heterocycles. The maximum Gasteiger partial charge on any atom is 0.261 e. The van der Waals surface area contributed by atoms with Crippen molar-refractivity contribution in [2.24, 2.45) is 0 Å². The summed E-state index contributed by atoms with van der Waals surface area (Å²) < 4.78 is 26.7. The van der Waals surface area contributed by atoms with Crippen molar-refractivity contribution in [3.8, 4) is 0 Å². The van der Waals surface area contributed by atoms with Gasteiger partial charge in [0.2, 0.25) is 5.91 Å². The highest BCUT2D eigenvalue weighted by atomic mass is 32.1. The van der Waals surface area contributed by atoms with Crippen LogP contribution in [0.1, 0.15) is 14.5 Å². The van der Waals surface area contributed by atoms with E-state index in [1.807, 2.05) is 13.0 Å². The average Bonchev–Trinajstić information content (AvgIpc) is 3.11. The molecule has 0 radical (unpaired) electrons. The first-order valence-electron chi connectivity index (χ1n) is 6.82. The van der Waals surface area contributed by atoms with Crippen molar-refractivity contribution in [3.05, 3.63) is 45.7 Å². The topological polar surface area (TPSA) is 71.1 Å². The molecule has 3 aromatic rings. The average molecular weight is 367 g/mol. The molecular formula is C15H11F2N3O2S2. The van der Waals surface area contributed by atoms with E-state index in [1.54, 1.807) is 6.07 Å². The highest BCUT2D eigenvalue weighted by molar-refractivity contribution is 7.22. The van der Waals surface area contributed by atoms with Crippen LogP contribution in [-0.4, -0.2) is 23.3 Å². The van der Waals surface area contributed by atoms with Gasteiger partial charge in [-0.3, -0.25) is 9.59 Å². The Bertz CT molecular complexity index is 897. The molecule has 3 rings (SSSR count). The molecule has 2 amide bonds. The number of nitrogens with one attached hydrogen (secondary N) is 2. The fourth-order valence-electron chi connectivity index (χ4n) is 1.94. The molecule has 0 bridgehead atoms. The van der Waals surface area contributed by atoms with Crippen molar-refractivity contribution in [3.63, 3.8) is 0 Å². The van der Waals surface area contributed by atoms with Gasteiger partial charge in [-0.25, -0.2) is 13.8 Å². The van der Waals surface area contributed by atoms with E-state index < -0.39 is 17.5 Å². The molecule has 0 aliphatic carbocycles. The summed E-state index contributed by atoms with van der Waals surface area (Å²) in [6.07, 6.45) is 0. The first-order chi connectivity index (χ1) is 11.4. The number of carbonyl (C=O) groups is 2. The van der Waals surface area contributed by atoms with E-state index in [1.165, 1.54) is 11.3 Å². The Hall–Kier alpha value is -2.39. The third-order valence-corrected chi connectivity index (χ3v) is 4.98. The maximum absolute atomic E-state index is 13.2. The van der Waals surface area contributed by atoms with Crippen molar-refractivity contribution in [1.82, 2.24) is 10.3 Å². The largest absolute Gasteiger partial charge is 0.342 e. The Morgan fingerprint density at radius 1 is 1.17 bits per heavy atom.